The number of carbonyl (C=O) groups excluding carboxylic acids is 3. The lowest BCUT2D eigenvalue weighted by Gasteiger charge is -2.28. The molecule has 37 heavy (non-hydrogen) atoms. The maximum atomic E-state index is 11.9. The fourth-order valence-electron chi connectivity index (χ4n) is 3.20. The van der Waals surface area contributed by atoms with E-state index in [4.69, 9.17) is 32.2 Å². The highest BCUT2D eigenvalue weighted by Crippen LogP contribution is 2.15. The van der Waals surface area contributed by atoms with E-state index < -0.39 is 8.80 Å². The van der Waals surface area contributed by atoms with Crippen molar-refractivity contribution in [3.63, 3.8) is 0 Å². The van der Waals surface area contributed by atoms with Crippen molar-refractivity contribution in [2.24, 2.45) is 0 Å². The van der Waals surface area contributed by atoms with Crippen molar-refractivity contribution in [3.8, 4) is 0 Å². The molecule has 0 saturated heterocycles. The zero-order chi connectivity index (χ0) is 27.2. The molecule has 0 atom stereocenters. The van der Waals surface area contributed by atoms with Gasteiger partial charge in [0, 0.05) is 51.1 Å². The van der Waals surface area contributed by atoms with E-state index in [-0.39, 0.29) is 31.0 Å². The van der Waals surface area contributed by atoms with E-state index in [2.05, 4.69) is 10.6 Å². The van der Waals surface area contributed by atoms with Crippen molar-refractivity contribution in [2.75, 3.05) is 92.3 Å². The first-order chi connectivity index (χ1) is 18.0. The van der Waals surface area contributed by atoms with E-state index in [0.717, 1.165) is 4.90 Å². The fraction of sp³-hybridized carbons (Fsp3) is 0.783. The lowest BCUT2D eigenvalue weighted by Crippen LogP contribution is -2.49. The molecule has 1 aliphatic rings. The second-order valence-electron chi connectivity index (χ2n) is 7.53. The van der Waals surface area contributed by atoms with Gasteiger partial charge in [-0.25, -0.2) is 4.79 Å². The van der Waals surface area contributed by atoms with Gasteiger partial charge >= 0.3 is 14.8 Å². The zero-order valence-corrected chi connectivity index (χ0v) is 23.3. The summed E-state index contributed by atoms with van der Waals surface area (Å²) in [5, 5.41) is 5.52. The molecule has 1 heterocycles. The van der Waals surface area contributed by atoms with Crippen molar-refractivity contribution < 1.29 is 46.6 Å². The van der Waals surface area contributed by atoms with Crippen molar-refractivity contribution in [1.82, 2.24) is 15.5 Å². The Morgan fingerprint density at radius 2 is 1.14 bits per heavy atom. The van der Waals surface area contributed by atoms with E-state index >= 15 is 0 Å². The molecule has 13 nitrogen and oxygen atoms in total. The molecule has 0 bridgehead atoms. The van der Waals surface area contributed by atoms with Crippen LogP contribution in [0.2, 0.25) is 6.04 Å². The largest absolute Gasteiger partial charge is 0.502 e. The molecular formula is C23H43N3O10Si. The van der Waals surface area contributed by atoms with Gasteiger partial charge in [0.2, 0.25) is 0 Å². The molecule has 4 amide bonds. The number of imide groups is 1. The minimum Gasteiger partial charge on any atom is -0.377 e. The predicted octanol–water partition coefficient (Wildman–Crippen LogP) is 0.325. The Morgan fingerprint density at radius 3 is 1.62 bits per heavy atom. The quantitative estimate of drug-likeness (QED) is 0.0982. The van der Waals surface area contributed by atoms with Gasteiger partial charge in [-0.2, -0.15) is 0 Å². The molecule has 0 aromatic carbocycles. The molecule has 0 aromatic rings. The fourth-order valence-corrected chi connectivity index (χ4v) is 5.63. The summed E-state index contributed by atoms with van der Waals surface area (Å²) in [7, 11) is -2.76. The van der Waals surface area contributed by atoms with E-state index in [1.54, 1.807) is 0 Å². The van der Waals surface area contributed by atoms with Crippen LogP contribution in [0.15, 0.2) is 12.2 Å². The van der Waals surface area contributed by atoms with Crippen LogP contribution in [0.1, 0.15) is 20.8 Å². The highest BCUT2D eigenvalue weighted by molar-refractivity contribution is 6.60. The summed E-state index contributed by atoms with van der Waals surface area (Å²) in [6.45, 7) is 11.2. The Kier molecular flexibility index (Phi) is 18.9. The van der Waals surface area contributed by atoms with E-state index in [9.17, 15) is 14.4 Å². The normalized spacial score (nSPS) is 13.5. The highest BCUT2D eigenvalue weighted by atomic mass is 28.4. The van der Waals surface area contributed by atoms with Gasteiger partial charge in [0.15, 0.2) is 0 Å². The first kappa shape index (κ1) is 33.1. The van der Waals surface area contributed by atoms with Crippen LogP contribution in [-0.2, 0) is 41.8 Å². The summed E-state index contributed by atoms with van der Waals surface area (Å²) < 4.78 is 38.8. The number of ether oxygens (including phenoxy) is 4. The van der Waals surface area contributed by atoms with Gasteiger partial charge in [-0.15, -0.1) is 0 Å². The summed E-state index contributed by atoms with van der Waals surface area (Å²) in [5.74, 6) is -0.629. The van der Waals surface area contributed by atoms with Gasteiger partial charge in [-0.3, -0.25) is 14.5 Å². The number of rotatable bonds is 24. The van der Waals surface area contributed by atoms with E-state index in [0.29, 0.717) is 85.2 Å². The van der Waals surface area contributed by atoms with Crippen LogP contribution < -0.4 is 10.6 Å². The maximum absolute atomic E-state index is 11.9. The summed E-state index contributed by atoms with van der Waals surface area (Å²) in [6.07, 6.45) is 2.49. The molecule has 0 fully saturated rings. The second-order valence-corrected chi connectivity index (χ2v) is 10.3. The number of nitrogens with zero attached hydrogens (tertiary/aromatic N) is 1. The third kappa shape index (κ3) is 15.2. The topological polar surface area (TPSA) is 143 Å². The highest BCUT2D eigenvalue weighted by Gasteiger charge is 2.39. The van der Waals surface area contributed by atoms with Crippen molar-refractivity contribution >= 4 is 26.6 Å². The molecule has 0 aromatic heterocycles. The summed E-state index contributed by atoms with van der Waals surface area (Å²) in [4.78, 5) is 35.8. The van der Waals surface area contributed by atoms with E-state index in [1.165, 1.54) is 12.2 Å². The lowest BCUT2D eigenvalue weighted by atomic mass is 10.5. The number of carbonyl (C=O) groups is 3. The first-order valence-electron chi connectivity index (χ1n) is 12.8. The van der Waals surface area contributed by atoms with Crippen LogP contribution in [0.3, 0.4) is 0 Å². The van der Waals surface area contributed by atoms with E-state index in [1.807, 2.05) is 20.8 Å². The predicted molar refractivity (Wildman–Crippen MR) is 136 cm³/mol. The molecule has 0 radical (unpaired) electrons. The second kappa shape index (κ2) is 21.1. The lowest BCUT2D eigenvalue weighted by molar-refractivity contribution is -0.137. The monoisotopic (exact) mass is 549 g/mol. The summed E-state index contributed by atoms with van der Waals surface area (Å²) >= 11 is 0. The molecule has 1 rings (SSSR count). The van der Waals surface area contributed by atoms with Gasteiger partial charge in [-0.1, -0.05) is 0 Å². The first-order valence-corrected chi connectivity index (χ1v) is 14.7. The summed E-state index contributed by atoms with van der Waals surface area (Å²) in [6, 6.07) is 0.213. The third-order valence-corrected chi connectivity index (χ3v) is 7.87. The molecule has 214 valence electrons. The van der Waals surface area contributed by atoms with Crippen LogP contribution >= 0.6 is 0 Å². The van der Waals surface area contributed by atoms with Gasteiger partial charge < -0.3 is 42.9 Å². The number of amides is 4. The minimum atomic E-state index is -2.76. The molecular weight excluding hydrogens is 506 g/mol. The smallest absolute Gasteiger partial charge is 0.377 e. The third-order valence-electron chi connectivity index (χ3n) is 4.82. The molecule has 0 unspecified atom stereocenters. The Balaban J connectivity index is 1.89. The van der Waals surface area contributed by atoms with Crippen molar-refractivity contribution in [3.05, 3.63) is 12.2 Å². The van der Waals surface area contributed by atoms with Crippen molar-refractivity contribution in [1.29, 1.82) is 0 Å². The number of nitrogens with one attached hydrogen (secondary N) is 2. The maximum Gasteiger partial charge on any atom is 0.502 e. The van der Waals surface area contributed by atoms with Gasteiger partial charge in [0.05, 0.1) is 59.4 Å². The molecule has 2 N–H and O–H groups in total. The number of hydrogen-bond acceptors (Lipinski definition) is 10. The Hall–Kier alpha value is -1.91. The molecule has 0 spiro atoms. The Bertz CT molecular complexity index is 648. The van der Waals surface area contributed by atoms with Crippen LogP contribution in [-0.4, -0.2) is 124 Å². The minimum absolute atomic E-state index is 0.230. The van der Waals surface area contributed by atoms with Gasteiger partial charge in [-0.05, 0) is 20.8 Å². The summed E-state index contributed by atoms with van der Waals surface area (Å²) in [5.41, 5.74) is 0. The molecule has 0 saturated carbocycles. The van der Waals surface area contributed by atoms with Gasteiger partial charge in [0.25, 0.3) is 11.8 Å². The standard InChI is InChI=1S/C23H43N3O10Si/c1-4-34-37(35-5-2,36-6-3)20-10-25-23(29)24-9-12-30-14-16-32-18-19-33-17-15-31-13-11-26-21(27)7-8-22(26)28/h7-8H,4-6,9-20H2,1-3H3,(H2,24,25,29). The SMILES string of the molecule is CCO[Si](CCNC(=O)NCCOCCOCCOCCOCCN1C(=O)C=CC1=O)(OCC)OCC. The molecule has 0 aliphatic carbocycles. The average molecular weight is 550 g/mol. The average Bonchev–Trinajstić information content (AvgIpc) is 3.19. The van der Waals surface area contributed by atoms with Gasteiger partial charge in [0.1, 0.15) is 0 Å². The molecule has 1 aliphatic heterocycles. The molecule has 14 heteroatoms. The van der Waals surface area contributed by atoms with Crippen LogP contribution in [0.25, 0.3) is 0 Å². The van der Waals surface area contributed by atoms with Crippen LogP contribution in [0.5, 0.6) is 0 Å². The Morgan fingerprint density at radius 1 is 0.703 bits per heavy atom. The van der Waals surface area contributed by atoms with Crippen LogP contribution in [0.4, 0.5) is 4.79 Å². The zero-order valence-electron chi connectivity index (χ0n) is 22.3. The van der Waals surface area contributed by atoms with Crippen LogP contribution in [0, 0.1) is 0 Å². The van der Waals surface area contributed by atoms with Crippen molar-refractivity contribution in [2.45, 2.75) is 26.8 Å². The number of hydrogen-bond donors (Lipinski definition) is 2. The Labute approximate surface area is 220 Å². The number of urea groups is 1.